The number of aromatic amines is 1. The van der Waals surface area contributed by atoms with Crippen molar-refractivity contribution in [2.24, 2.45) is 0 Å². The lowest BCUT2D eigenvalue weighted by atomic mass is 10.2. The number of para-hydroxylation sites is 1. The van der Waals surface area contributed by atoms with Crippen molar-refractivity contribution in [1.82, 2.24) is 19.3 Å². The van der Waals surface area contributed by atoms with Crippen LogP contribution in [0.4, 0.5) is 0 Å². The molecule has 0 aliphatic carbocycles. The summed E-state index contributed by atoms with van der Waals surface area (Å²) in [7, 11) is 0. The molecule has 2 heterocycles. The lowest BCUT2D eigenvalue weighted by Gasteiger charge is -2.11. The Balaban J connectivity index is 1.79. The van der Waals surface area contributed by atoms with Gasteiger partial charge in [-0.15, -0.1) is 0 Å². The van der Waals surface area contributed by atoms with Crippen LogP contribution >= 0.6 is 12.2 Å². The maximum absolute atomic E-state index is 5.42. The van der Waals surface area contributed by atoms with Crippen LogP contribution in [0.25, 0.3) is 22.8 Å². The van der Waals surface area contributed by atoms with E-state index in [0.29, 0.717) is 4.77 Å². The third-order valence-corrected chi connectivity index (χ3v) is 4.62. The zero-order valence-corrected chi connectivity index (χ0v) is 14.9. The Hall–Kier alpha value is -2.92. The van der Waals surface area contributed by atoms with Gasteiger partial charge in [-0.3, -0.25) is 9.67 Å². The van der Waals surface area contributed by atoms with E-state index in [1.54, 1.807) is 0 Å². The van der Waals surface area contributed by atoms with E-state index in [1.165, 1.54) is 11.4 Å². The summed E-state index contributed by atoms with van der Waals surface area (Å²) in [5.74, 6) is 0.809. The Kier molecular flexibility index (Phi) is 3.86. The second-order valence-electron chi connectivity index (χ2n) is 6.02. The fourth-order valence-electron chi connectivity index (χ4n) is 3.14. The van der Waals surface area contributed by atoms with Gasteiger partial charge in [0.25, 0.3) is 0 Å². The van der Waals surface area contributed by atoms with E-state index in [9.17, 15) is 0 Å². The van der Waals surface area contributed by atoms with Gasteiger partial charge in [0.1, 0.15) is 0 Å². The van der Waals surface area contributed by atoms with Crippen molar-refractivity contribution in [3.63, 3.8) is 0 Å². The molecule has 0 spiro atoms. The summed E-state index contributed by atoms with van der Waals surface area (Å²) in [6, 6.07) is 22.7. The lowest BCUT2D eigenvalue weighted by molar-refractivity contribution is 0.965. The summed E-state index contributed by atoms with van der Waals surface area (Å²) in [5, 5.41) is 7.33. The smallest absolute Gasteiger partial charge is 0.200 e. The molecule has 1 N–H and O–H groups in total. The standard InChI is InChI=1S/C20H18N4S/c1-14-8-9-15(2)23(14)18-12-10-16(11-13-18)19-21-22-20(25)24(19)17-6-4-3-5-7-17/h3-13H,1-2H3,(H,22,25). The van der Waals surface area contributed by atoms with Gasteiger partial charge in [0.2, 0.25) is 0 Å². The van der Waals surface area contributed by atoms with E-state index in [-0.39, 0.29) is 0 Å². The first kappa shape index (κ1) is 15.6. The van der Waals surface area contributed by atoms with Crippen molar-refractivity contribution in [2.75, 3.05) is 0 Å². The molecule has 124 valence electrons. The van der Waals surface area contributed by atoms with Gasteiger partial charge >= 0.3 is 0 Å². The minimum atomic E-state index is 0.586. The Morgan fingerprint density at radius 1 is 0.760 bits per heavy atom. The second-order valence-corrected chi connectivity index (χ2v) is 6.41. The number of H-pyrrole nitrogens is 1. The molecule has 0 saturated carbocycles. The highest BCUT2D eigenvalue weighted by molar-refractivity contribution is 7.71. The average Bonchev–Trinajstić information content (AvgIpc) is 3.18. The molecule has 0 amide bonds. The monoisotopic (exact) mass is 346 g/mol. The van der Waals surface area contributed by atoms with E-state index < -0.39 is 0 Å². The van der Waals surface area contributed by atoms with Gasteiger partial charge in [0.15, 0.2) is 10.6 Å². The summed E-state index contributed by atoms with van der Waals surface area (Å²) >= 11 is 5.42. The number of aryl methyl sites for hydroxylation is 2. The molecule has 2 aromatic carbocycles. The van der Waals surface area contributed by atoms with Crippen molar-refractivity contribution < 1.29 is 0 Å². The van der Waals surface area contributed by atoms with Gasteiger partial charge in [0, 0.05) is 28.3 Å². The highest BCUT2D eigenvalue weighted by atomic mass is 32.1. The van der Waals surface area contributed by atoms with Crippen LogP contribution in [0, 0.1) is 18.6 Å². The molecule has 0 aliphatic heterocycles. The van der Waals surface area contributed by atoms with Crippen LogP contribution in [0.2, 0.25) is 0 Å². The van der Waals surface area contributed by atoms with Gasteiger partial charge in [0.05, 0.1) is 0 Å². The van der Waals surface area contributed by atoms with Gasteiger partial charge < -0.3 is 4.57 Å². The maximum atomic E-state index is 5.42. The van der Waals surface area contributed by atoms with Crippen LogP contribution in [0.1, 0.15) is 11.4 Å². The maximum Gasteiger partial charge on any atom is 0.200 e. The number of nitrogens with zero attached hydrogens (tertiary/aromatic N) is 3. The summed E-state index contributed by atoms with van der Waals surface area (Å²) in [4.78, 5) is 0. The summed E-state index contributed by atoms with van der Waals surface area (Å²) in [6.07, 6.45) is 0. The lowest BCUT2D eigenvalue weighted by Crippen LogP contribution is -2.00. The Morgan fingerprint density at radius 2 is 1.36 bits per heavy atom. The largest absolute Gasteiger partial charge is 0.319 e. The molecular weight excluding hydrogens is 328 g/mol. The van der Waals surface area contributed by atoms with E-state index in [2.05, 4.69) is 65.0 Å². The summed E-state index contributed by atoms with van der Waals surface area (Å²) in [6.45, 7) is 4.23. The SMILES string of the molecule is Cc1ccc(C)n1-c1ccc(-c2n[nH]c(=S)n2-c2ccccc2)cc1. The molecule has 0 radical (unpaired) electrons. The number of hydrogen-bond donors (Lipinski definition) is 1. The van der Waals surface area contributed by atoms with Crippen LogP contribution in [0.15, 0.2) is 66.7 Å². The highest BCUT2D eigenvalue weighted by Gasteiger charge is 2.11. The summed E-state index contributed by atoms with van der Waals surface area (Å²) in [5.41, 5.74) is 5.60. The molecule has 4 rings (SSSR count). The Labute approximate surface area is 151 Å². The minimum absolute atomic E-state index is 0.586. The third-order valence-electron chi connectivity index (χ3n) is 4.34. The van der Waals surface area contributed by atoms with Crippen molar-refractivity contribution >= 4 is 12.2 Å². The van der Waals surface area contributed by atoms with Crippen LogP contribution in [0.3, 0.4) is 0 Å². The van der Waals surface area contributed by atoms with E-state index >= 15 is 0 Å². The molecule has 4 nitrogen and oxygen atoms in total. The van der Waals surface area contributed by atoms with E-state index in [4.69, 9.17) is 12.2 Å². The molecular formula is C20H18N4S. The van der Waals surface area contributed by atoms with Crippen molar-refractivity contribution in [2.45, 2.75) is 13.8 Å². The molecule has 5 heteroatoms. The topological polar surface area (TPSA) is 38.5 Å². The van der Waals surface area contributed by atoms with Gasteiger partial charge in [-0.25, -0.2) is 0 Å². The highest BCUT2D eigenvalue weighted by Crippen LogP contribution is 2.24. The average molecular weight is 346 g/mol. The first-order valence-corrected chi connectivity index (χ1v) is 8.54. The number of rotatable bonds is 3. The minimum Gasteiger partial charge on any atom is -0.319 e. The molecule has 0 fully saturated rings. The molecule has 2 aromatic heterocycles. The van der Waals surface area contributed by atoms with Crippen molar-refractivity contribution in [1.29, 1.82) is 0 Å². The van der Waals surface area contributed by atoms with E-state index in [0.717, 1.165) is 22.8 Å². The first-order chi connectivity index (χ1) is 12.1. The molecule has 0 bridgehead atoms. The summed E-state index contributed by atoms with van der Waals surface area (Å²) < 4.78 is 4.77. The quantitative estimate of drug-likeness (QED) is 0.530. The predicted octanol–water partition coefficient (Wildman–Crippen LogP) is 5.00. The van der Waals surface area contributed by atoms with Gasteiger partial charge in [-0.05, 0) is 74.6 Å². The molecule has 4 aromatic rings. The number of hydrogen-bond acceptors (Lipinski definition) is 2. The normalized spacial score (nSPS) is 11.0. The second kappa shape index (κ2) is 6.18. The van der Waals surface area contributed by atoms with Crippen LogP contribution < -0.4 is 0 Å². The van der Waals surface area contributed by atoms with Gasteiger partial charge in [-0.2, -0.15) is 5.10 Å². The van der Waals surface area contributed by atoms with E-state index in [1.807, 2.05) is 34.9 Å². The molecule has 0 atom stereocenters. The molecule has 25 heavy (non-hydrogen) atoms. The first-order valence-electron chi connectivity index (χ1n) is 8.14. The zero-order chi connectivity index (χ0) is 17.4. The van der Waals surface area contributed by atoms with Gasteiger partial charge in [-0.1, -0.05) is 18.2 Å². The molecule has 0 saturated heterocycles. The Morgan fingerprint density at radius 3 is 2.00 bits per heavy atom. The van der Waals surface area contributed by atoms with Crippen molar-refractivity contribution in [3.05, 3.63) is 82.9 Å². The number of aromatic nitrogens is 4. The Bertz CT molecular complexity index is 1050. The van der Waals surface area contributed by atoms with Crippen LogP contribution in [-0.2, 0) is 0 Å². The predicted molar refractivity (Wildman–Crippen MR) is 103 cm³/mol. The molecule has 0 unspecified atom stereocenters. The van der Waals surface area contributed by atoms with Crippen LogP contribution in [-0.4, -0.2) is 19.3 Å². The number of benzene rings is 2. The van der Waals surface area contributed by atoms with Crippen molar-refractivity contribution in [3.8, 4) is 22.8 Å². The third kappa shape index (κ3) is 2.72. The number of nitrogens with one attached hydrogen (secondary N) is 1. The molecule has 0 aliphatic rings. The fraction of sp³-hybridized carbons (Fsp3) is 0.100. The zero-order valence-electron chi connectivity index (χ0n) is 14.1. The fourth-order valence-corrected chi connectivity index (χ4v) is 3.38. The van der Waals surface area contributed by atoms with Crippen LogP contribution in [0.5, 0.6) is 0 Å².